The second-order valence-electron chi connectivity index (χ2n) is 7.94. The molecule has 2 amide bonds. The van der Waals surface area contributed by atoms with Crippen LogP contribution in [0.1, 0.15) is 5.69 Å². The third-order valence-corrected chi connectivity index (χ3v) is 7.69. The lowest BCUT2D eigenvalue weighted by Crippen LogP contribution is -2.71. The number of aromatic nitrogens is 3. The molecule has 2 atom stereocenters. The lowest BCUT2D eigenvalue weighted by Gasteiger charge is -2.49. The van der Waals surface area contributed by atoms with Crippen LogP contribution in [0.2, 0.25) is 0 Å². The number of thiazole rings is 1. The summed E-state index contributed by atoms with van der Waals surface area (Å²) in [5, 5.41) is 17.5. The molecule has 2 aliphatic heterocycles. The van der Waals surface area contributed by atoms with E-state index in [4.69, 9.17) is 15.0 Å². The number of carboxylic acid groups (broad SMARTS) is 1. The molecule has 1 fully saturated rings. The molecule has 3 aromatic rings. The fraction of sp³-hybridized carbons (Fsp3) is 0.227. The van der Waals surface area contributed by atoms with E-state index < -0.39 is 29.2 Å². The van der Waals surface area contributed by atoms with Gasteiger partial charge in [0.2, 0.25) is 0 Å². The number of nitrogens with zero attached hydrogens (tertiary/aromatic N) is 5. The Morgan fingerprint density at radius 2 is 2.19 bits per heavy atom. The summed E-state index contributed by atoms with van der Waals surface area (Å²) in [5.74, 6) is -1.44. The number of nitrogens with one attached hydrogen (secondary N) is 1. The van der Waals surface area contributed by atoms with E-state index in [1.165, 1.54) is 30.2 Å². The molecule has 5 heterocycles. The van der Waals surface area contributed by atoms with E-state index in [0.717, 1.165) is 16.9 Å². The zero-order valence-electron chi connectivity index (χ0n) is 19.2. The van der Waals surface area contributed by atoms with Gasteiger partial charge in [-0.15, -0.1) is 23.1 Å². The third kappa shape index (κ3) is 4.65. The number of carboxylic acids is 1. The van der Waals surface area contributed by atoms with Crippen LogP contribution < -0.4 is 15.6 Å². The maximum Gasteiger partial charge on any atom is 0.352 e. The Balaban J connectivity index is 1.32. The van der Waals surface area contributed by atoms with Crippen molar-refractivity contribution in [3.8, 4) is 11.3 Å². The molecule has 5 rings (SSSR count). The van der Waals surface area contributed by atoms with Crippen molar-refractivity contribution in [3.63, 3.8) is 0 Å². The summed E-state index contributed by atoms with van der Waals surface area (Å²) in [6, 6.07) is 2.73. The Kier molecular flexibility index (Phi) is 6.62. The molecular formula is C22H20N7O6S2+. The van der Waals surface area contributed by atoms with Gasteiger partial charge in [-0.3, -0.25) is 14.5 Å². The average Bonchev–Trinajstić information content (AvgIpc) is 3.58. The molecule has 37 heavy (non-hydrogen) atoms. The van der Waals surface area contributed by atoms with Gasteiger partial charge in [-0.2, -0.15) is 0 Å². The van der Waals surface area contributed by atoms with Crippen molar-refractivity contribution >= 4 is 51.7 Å². The Morgan fingerprint density at radius 1 is 1.41 bits per heavy atom. The number of fused-ring (bicyclic) bond motifs is 1. The zero-order valence-corrected chi connectivity index (χ0v) is 20.9. The monoisotopic (exact) mass is 542 g/mol. The number of thioether (sulfide) groups is 1. The van der Waals surface area contributed by atoms with Gasteiger partial charge in [0.25, 0.3) is 11.8 Å². The van der Waals surface area contributed by atoms with Gasteiger partial charge in [0.1, 0.15) is 29.9 Å². The Labute approximate surface area is 217 Å². The van der Waals surface area contributed by atoms with E-state index in [9.17, 15) is 19.5 Å². The van der Waals surface area contributed by atoms with Gasteiger partial charge in [0, 0.05) is 34.4 Å². The van der Waals surface area contributed by atoms with Crippen molar-refractivity contribution in [2.24, 2.45) is 5.16 Å². The number of carbonyl (C=O) groups excluding carboxylic acids is 2. The Hall–Kier alpha value is -4.24. The quantitative estimate of drug-likeness (QED) is 0.157. The largest absolute Gasteiger partial charge is 0.477 e. The fourth-order valence-electron chi connectivity index (χ4n) is 4.01. The second-order valence-corrected chi connectivity index (χ2v) is 9.93. The van der Waals surface area contributed by atoms with Gasteiger partial charge < -0.3 is 25.4 Å². The third-order valence-electron chi connectivity index (χ3n) is 5.68. The molecule has 0 aliphatic carbocycles. The number of oxime groups is 1. The molecule has 0 radical (unpaired) electrons. The van der Waals surface area contributed by atoms with E-state index in [1.807, 2.05) is 16.7 Å². The van der Waals surface area contributed by atoms with E-state index >= 15 is 0 Å². The average molecular weight is 543 g/mol. The SMILES string of the molecule is CO/N=C(\C(=O)N[C@H]1C(=O)N2C(C(=O)O)=C(C[n+]3ccc(-c4cnco4)cc3)CS[C@@H]12)c1csc(N)n1. The maximum absolute atomic E-state index is 13.0. The highest BCUT2D eigenvalue weighted by Gasteiger charge is 2.54. The fourth-order valence-corrected chi connectivity index (χ4v) is 5.90. The standard InChI is InChI=1S/C22H19N7O6S2/c1-34-27-15(13-9-37-22(23)25-13)18(30)26-16-19(31)29-17(21(32)33)12(8-36-20(16)29)7-28-4-2-11(3-5-28)14-6-24-10-35-14/h2-6,9-10,16,20H,7-8H2,1H3,(H3-,23,25,26,30,32,33)/p+1/b27-15-/t16-,20-/m0/s1. The van der Waals surface area contributed by atoms with Crippen LogP contribution in [0.15, 0.2) is 63.3 Å². The molecule has 1 saturated heterocycles. The predicted octanol–water partition coefficient (Wildman–Crippen LogP) is 0.457. The number of hydrogen-bond acceptors (Lipinski definition) is 11. The van der Waals surface area contributed by atoms with Gasteiger partial charge in [0.15, 0.2) is 41.9 Å². The van der Waals surface area contributed by atoms with Crippen LogP contribution in [0.4, 0.5) is 5.13 Å². The van der Waals surface area contributed by atoms with Crippen LogP contribution in [0.25, 0.3) is 11.3 Å². The van der Waals surface area contributed by atoms with Crippen molar-refractivity contribution in [3.05, 3.63) is 59.5 Å². The van der Waals surface area contributed by atoms with Gasteiger partial charge >= 0.3 is 5.97 Å². The number of β-lactam (4-membered cyclic amide) rings is 1. The minimum Gasteiger partial charge on any atom is -0.477 e. The van der Waals surface area contributed by atoms with Crippen LogP contribution >= 0.6 is 23.1 Å². The summed E-state index contributed by atoms with van der Waals surface area (Å²) in [6.07, 6.45) is 6.54. The van der Waals surface area contributed by atoms with Crippen molar-refractivity contribution in [2.45, 2.75) is 18.0 Å². The van der Waals surface area contributed by atoms with E-state index in [1.54, 1.807) is 24.0 Å². The summed E-state index contributed by atoms with van der Waals surface area (Å²) in [6.45, 7) is 0.273. The second kappa shape index (κ2) is 10.0. The van der Waals surface area contributed by atoms with Crippen LogP contribution in [-0.2, 0) is 25.8 Å². The zero-order chi connectivity index (χ0) is 26.1. The highest BCUT2D eigenvalue weighted by molar-refractivity contribution is 8.00. The molecular weight excluding hydrogens is 522 g/mol. The number of hydrogen-bond donors (Lipinski definition) is 3. The number of nitrogens with two attached hydrogens (primary N) is 1. The summed E-state index contributed by atoms with van der Waals surface area (Å²) < 4.78 is 7.10. The Bertz CT molecular complexity index is 1420. The highest BCUT2D eigenvalue weighted by Crippen LogP contribution is 2.40. The van der Waals surface area contributed by atoms with E-state index in [-0.39, 0.29) is 28.8 Å². The van der Waals surface area contributed by atoms with Crippen molar-refractivity contribution in [1.82, 2.24) is 20.2 Å². The maximum atomic E-state index is 13.0. The molecule has 0 bridgehead atoms. The number of amides is 2. The highest BCUT2D eigenvalue weighted by atomic mass is 32.2. The number of nitrogen functional groups attached to an aromatic ring is 1. The smallest absolute Gasteiger partial charge is 0.352 e. The van der Waals surface area contributed by atoms with Gasteiger partial charge in [-0.25, -0.2) is 19.3 Å². The normalized spacial score (nSPS) is 19.3. The van der Waals surface area contributed by atoms with Crippen LogP contribution in [0, 0.1) is 0 Å². The first-order valence-corrected chi connectivity index (χ1v) is 12.7. The first kappa shape index (κ1) is 24.5. The lowest BCUT2D eigenvalue weighted by molar-refractivity contribution is -0.689. The molecule has 3 aromatic heterocycles. The minimum atomic E-state index is -1.21. The molecule has 4 N–H and O–H groups in total. The number of carbonyl (C=O) groups is 3. The van der Waals surface area contributed by atoms with Crippen LogP contribution in [0.3, 0.4) is 0 Å². The van der Waals surface area contributed by atoms with Gasteiger partial charge in [-0.05, 0) is 0 Å². The van der Waals surface area contributed by atoms with E-state index in [0.29, 0.717) is 17.1 Å². The number of anilines is 1. The summed E-state index contributed by atoms with van der Waals surface area (Å²) in [4.78, 5) is 52.0. The molecule has 190 valence electrons. The number of aliphatic carboxylic acids is 1. The number of rotatable bonds is 8. The molecule has 2 aliphatic rings. The molecule has 0 aromatic carbocycles. The molecule has 15 heteroatoms. The minimum absolute atomic E-state index is 0.0795. The van der Waals surface area contributed by atoms with Gasteiger partial charge in [-0.1, -0.05) is 5.16 Å². The van der Waals surface area contributed by atoms with Crippen molar-refractivity contribution in [2.75, 3.05) is 18.6 Å². The van der Waals surface area contributed by atoms with Gasteiger partial charge in [0.05, 0.1) is 6.20 Å². The topological polar surface area (TPSA) is 177 Å². The first-order chi connectivity index (χ1) is 17.9. The van der Waals surface area contributed by atoms with Crippen LogP contribution in [0.5, 0.6) is 0 Å². The molecule has 0 spiro atoms. The Morgan fingerprint density at radius 3 is 2.81 bits per heavy atom. The molecule has 0 unspecified atom stereocenters. The van der Waals surface area contributed by atoms with E-state index in [2.05, 4.69) is 20.4 Å². The number of oxazole rings is 1. The van der Waals surface area contributed by atoms with Crippen molar-refractivity contribution in [1.29, 1.82) is 0 Å². The van der Waals surface area contributed by atoms with Crippen molar-refractivity contribution < 1.29 is 33.3 Å². The molecule has 13 nitrogen and oxygen atoms in total. The number of pyridine rings is 1. The predicted molar refractivity (Wildman–Crippen MR) is 132 cm³/mol. The first-order valence-electron chi connectivity index (χ1n) is 10.8. The summed E-state index contributed by atoms with van der Waals surface area (Å²) in [5.41, 5.74) is 7.04. The van der Waals surface area contributed by atoms with Crippen LogP contribution in [-0.4, -0.2) is 67.7 Å². The molecule has 0 saturated carbocycles. The summed E-state index contributed by atoms with van der Waals surface area (Å²) >= 11 is 2.50. The lowest BCUT2D eigenvalue weighted by atomic mass is 10.0. The summed E-state index contributed by atoms with van der Waals surface area (Å²) in [7, 11) is 1.28.